The molecule has 0 radical (unpaired) electrons. The van der Waals surface area contributed by atoms with E-state index in [1.54, 1.807) is 18.2 Å². The number of fused-ring (bicyclic) bond motifs is 1. The van der Waals surface area contributed by atoms with Crippen molar-refractivity contribution >= 4 is 34.2 Å². The van der Waals surface area contributed by atoms with E-state index >= 15 is 0 Å². The van der Waals surface area contributed by atoms with Crippen molar-refractivity contribution in [3.8, 4) is 0 Å². The molecule has 6 nitrogen and oxygen atoms in total. The molecule has 1 aromatic heterocycles. The van der Waals surface area contributed by atoms with Crippen molar-refractivity contribution < 1.29 is 18.7 Å². The summed E-state index contributed by atoms with van der Waals surface area (Å²) in [6.45, 7) is 4.48. The lowest BCUT2D eigenvalue weighted by Gasteiger charge is -2.10. The number of nitrogens with one attached hydrogen (secondary N) is 2. The van der Waals surface area contributed by atoms with Crippen LogP contribution < -0.4 is 10.6 Å². The number of amides is 2. The van der Waals surface area contributed by atoms with E-state index in [0.29, 0.717) is 17.9 Å². The summed E-state index contributed by atoms with van der Waals surface area (Å²) in [4.78, 5) is 25.0. The summed E-state index contributed by atoms with van der Waals surface area (Å²) >= 11 is 0. The van der Waals surface area contributed by atoms with E-state index in [-0.39, 0.29) is 30.1 Å². The third kappa shape index (κ3) is 6.08. The van der Waals surface area contributed by atoms with Gasteiger partial charge in [0.2, 0.25) is 5.91 Å². The van der Waals surface area contributed by atoms with Gasteiger partial charge in [-0.25, -0.2) is 0 Å². The molecule has 0 aliphatic rings. The van der Waals surface area contributed by atoms with Crippen molar-refractivity contribution in [2.45, 2.75) is 33.0 Å². The quantitative estimate of drug-likeness (QED) is 0.362. The Morgan fingerprint density at radius 3 is 2.39 bits per heavy atom. The molecule has 0 fully saturated rings. The van der Waals surface area contributed by atoms with Crippen LogP contribution in [0.1, 0.15) is 35.5 Å². The van der Waals surface area contributed by atoms with Gasteiger partial charge in [0.1, 0.15) is 5.58 Å². The number of ether oxygens (including phenoxy) is 1. The Labute approximate surface area is 192 Å². The largest absolute Gasteiger partial charge is 0.451 e. The smallest absolute Gasteiger partial charge is 0.291 e. The van der Waals surface area contributed by atoms with Gasteiger partial charge in [0.25, 0.3) is 5.91 Å². The molecule has 0 spiro atoms. The molecule has 4 rings (SSSR count). The molecule has 0 saturated carbocycles. The predicted octanol–water partition coefficient (Wildman–Crippen LogP) is 5.79. The van der Waals surface area contributed by atoms with Crippen LogP contribution in [0.3, 0.4) is 0 Å². The molecule has 0 aliphatic carbocycles. The first-order chi connectivity index (χ1) is 16.0. The maximum absolute atomic E-state index is 12.5. The average molecular weight is 443 g/mol. The van der Waals surface area contributed by atoms with Gasteiger partial charge in [0, 0.05) is 16.8 Å². The lowest BCUT2D eigenvalue weighted by atomic mass is 10.1. The van der Waals surface area contributed by atoms with Gasteiger partial charge in [-0.2, -0.15) is 0 Å². The van der Waals surface area contributed by atoms with Crippen molar-refractivity contribution in [3.05, 3.63) is 95.7 Å². The maximum Gasteiger partial charge on any atom is 0.291 e. The van der Waals surface area contributed by atoms with Gasteiger partial charge in [0.15, 0.2) is 5.76 Å². The molecular formula is C27H26N2O4. The molecule has 1 heterocycles. The van der Waals surface area contributed by atoms with E-state index in [0.717, 1.165) is 22.2 Å². The van der Waals surface area contributed by atoms with Gasteiger partial charge >= 0.3 is 0 Å². The van der Waals surface area contributed by atoms with Crippen LogP contribution in [0.4, 0.5) is 11.4 Å². The highest BCUT2D eigenvalue weighted by Gasteiger charge is 2.12. The van der Waals surface area contributed by atoms with Gasteiger partial charge in [-0.05, 0) is 61.4 Å². The Kier molecular flexibility index (Phi) is 6.86. The van der Waals surface area contributed by atoms with Crippen LogP contribution >= 0.6 is 0 Å². The van der Waals surface area contributed by atoms with Crippen LogP contribution in [0.2, 0.25) is 0 Å². The van der Waals surface area contributed by atoms with Crippen LogP contribution in [-0.4, -0.2) is 17.9 Å². The molecule has 33 heavy (non-hydrogen) atoms. The van der Waals surface area contributed by atoms with E-state index in [1.807, 2.05) is 74.5 Å². The Morgan fingerprint density at radius 1 is 0.848 bits per heavy atom. The molecule has 0 aliphatic heterocycles. The molecule has 0 bridgehead atoms. The van der Waals surface area contributed by atoms with Crippen LogP contribution in [0, 0.1) is 0 Å². The molecule has 0 atom stereocenters. The van der Waals surface area contributed by atoms with Crippen molar-refractivity contribution in [1.29, 1.82) is 0 Å². The Hall–Kier alpha value is -3.90. The van der Waals surface area contributed by atoms with Crippen LogP contribution in [0.15, 0.2) is 83.3 Å². The molecule has 3 aromatic carbocycles. The maximum atomic E-state index is 12.5. The highest BCUT2D eigenvalue weighted by molar-refractivity contribution is 6.04. The number of benzene rings is 3. The van der Waals surface area contributed by atoms with Crippen molar-refractivity contribution in [1.82, 2.24) is 0 Å². The Morgan fingerprint density at radius 2 is 1.64 bits per heavy atom. The van der Waals surface area contributed by atoms with Crippen LogP contribution in [-0.2, 0) is 22.6 Å². The van der Waals surface area contributed by atoms with E-state index in [9.17, 15) is 9.59 Å². The van der Waals surface area contributed by atoms with E-state index in [1.165, 1.54) is 0 Å². The summed E-state index contributed by atoms with van der Waals surface area (Å²) in [6, 6.07) is 24.0. The first-order valence-corrected chi connectivity index (χ1v) is 10.9. The van der Waals surface area contributed by atoms with Crippen molar-refractivity contribution in [2.75, 3.05) is 10.6 Å². The zero-order valence-corrected chi connectivity index (χ0v) is 18.6. The Bertz CT molecular complexity index is 1230. The van der Waals surface area contributed by atoms with Gasteiger partial charge in [-0.1, -0.05) is 42.5 Å². The molecular weight excluding hydrogens is 416 g/mol. The fraction of sp³-hybridized carbons (Fsp3) is 0.185. The number of carbonyl (C=O) groups excluding carboxylic acids is 2. The summed E-state index contributed by atoms with van der Waals surface area (Å²) in [7, 11) is 0. The molecule has 2 N–H and O–H groups in total. The fourth-order valence-corrected chi connectivity index (χ4v) is 3.38. The van der Waals surface area contributed by atoms with Crippen molar-refractivity contribution in [3.63, 3.8) is 0 Å². The SMILES string of the molecule is CC(C)OCc1cccc(NC(=O)Cc2ccc(NC(=O)c3cc4ccccc4o3)cc2)c1. The van der Waals surface area contributed by atoms with Crippen LogP contribution in [0.25, 0.3) is 11.0 Å². The average Bonchev–Trinajstić information content (AvgIpc) is 3.24. The highest BCUT2D eigenvalue weighted by Crippen LogP contribution is 2.20. The topological polar surface area (TPSA) is 80.6 Å². The van der Waals surface area contributed by atoms with Gasteiger partial charge in [-0.3, -0.25) is 9.59 Å². The van der Waals surface area contributed by atoms with Gasteiger partial charge in [0.05, 0.1) is 19.1 Å². The molecule has 0 saturated heterocycles. The van der Waals surface area contributed by atoms with Gasteiger partial charge < -0.3 is 19.8 Å². The normalized spacial score (nSPS) is 11.0. The predicted molar refractivity (Wildman–Crippen MR) is 129 cm³/mol. The third-order valence-electron chi connectivity index (χ3n) is 5.02. The molecule has 0 unspecified atom stereocenters. The summed E-state index contributed by atoms with van der Waals surface area (Å²) in [5, 5.41) is 6.62. The lowest BCUT2D eigenvalue weighted by Crippen LogP contribution is -2.15. The minimum Gasteiger partial charge on any atom is -0.451 e. The minimum atomic E-state index is -0.321. The standard InChI is InChI=1S/C27H26N2O4/c1-18(2)32-17-20-6-5-8-23(14-20)28-26(30)15-19-10-12-22(13-11-19)29-27(31)25-16-21-7-3-4-9-24(21)33-25/h3-14,16,18H,15,17H2,1-2H3,(H,28,30)(H,29,31). The minimum absolute atomic E-state index is 0.115. The van der Waals surface area contributed by atoms with Crippen LogP contribution in [0.5, 0.6) is 0 Å². The summed E-state index contributed by atoms with van der Waals surface area (Å²) in [6.07, 6.45) is 0.375. The number of hydrogen-bond acceptors (Lipinski definition) is 4. The first kappa shape index (κ1) is 22.3. The summed E-state index contributed by atoms with van der Waals surface area (Å²) in [5.74, 6) is -0.185. The summed E-state index contributed by atoms with van der Waals surface area (Å²) in [5.41, 5.74) is 3.88. The van der Waals surface area contributed by atoms with E-state index < -0.39 is 0 Å². The van der Waals surface area contributed by atoms with Crippen molar-refractivity contribution in [2.24, 2.45) is 0 Å². The van der Waals surface area contributed by atoms with E-state index in [2.05, 4.69) is 10.6 Å². The molecule has 168 valence electrons. The third-order valence-corrected chi connectivity index (χ3v) is 5.02. The fourth-order valence-electron chi connectivity index (χ4n) is 3.38. The zero-order chi connectivity index (χ0) is 23.2. The number of para-hydroxylation sites is 1. The van der Waals surface area contributed by atoms with Gasteiger partial charge in [-0.15, -0.1) is 0 Å². The number of rotatable bonds is 8. The number of hydrogen-bond donors (Lipinski definition) is 2. The number of furan rings is 1. The molecule has 4 aromatic rings. The second-order valence-electron chi connectivity index (χ2n) is 8.08. The second kappa shape index (κ2) is 10.1. The monoisotopic (exact) mass is 442 g/mol. The lowest BCUT2D eigenvalue weighted by molar-refractivity contribution is -0.115. The van der Waals surface area contributed by atoms with E-state index in [4.69, 9.17) is 9.15 Å². The number of carbonyl (C=O) groups is 2. The first-order valence-electron chi connectivity index (χ1n) is 10.9. The zero-order valence-electron chi connectivity index (χ0n) is 18.6. The highest BCUT2D eigenvalue weighted by atomic mass is 16.5. The molecule has 6 heteroatoms. The summed E-state index contributed by atoms with van der Waals surface area (Å²) < 4.78 is 11.2. The molecule has 2 amide bonds. The second-order valence-corrected chi connectivity index (χ2v) is 8.08. The number of anilines is 2. The Balaban J connectivity index is 1.32.